The van der Waals surface area contributed by atoms with Gasteiger partial charge >= 0.3 is 0 Å². The average Bonchev–Trinajstić information content (AvgIpc) is 2.29. The Hall–Kier alpha value is -0.570. The van der Waals surface area contributed by atoms with Gasteiger partial charge in [-0.25, -0.2) is 0 Å². The predicted molar refractivity (Wildman–Crippen MR) is 72.4 cm³/mol. The zero-order chi connectivity index (χ0) is 12.7. The molecule has 0 amide bonds. The number of hydrogen-bond donors (Lipinski definition) is 2. The van der Waals surface area contributed by atoms with Crippen LogP contribution in [0.3, 0.4) is 0 Å². The van der Waals surface area contributed by atoms with E-state index >= 15 is 0 Å². The largest absolute Gasteiger partial charge is 0.387 e. The van der Waals surface area contributed by atoms with Crippen molar-refractivity contribution in [3.8, 4) is 0 Å². The first-order valence-corrected chi connectivity index (χ1v) is 6.98. The summed E-state index contributed by atoms with van der Waals surface area (Å²) in [7, 11) is 0. The van der Waals surface area contributed by atoms with E-state index in [1.807, 2.05) is 13.8 Å². The molecule has 0 aromatic rings. The lowest BCUT2D eigenvalue weighted by Gasteiger charge is -2.24. The molecule has 0 unspecified atom stereocenters. The van der Waals surface area contributed by atoms with Gasteiger partial charge in [0.2, 0.25) is 0 Å². The zero-order valence-electron chi connectivity index (χ0n) is 11.4. The van der Waals surface area contributed by atoms with E-state index in [0.717, 1.165) is 25.9 Å². The van der Waals surface area contributed by atoms with Gasteiger partial charge in [-0.15, -0.1) is 0 Å². The maximum atomic E-state index is 7.48. The minimum atomic E-state index is -0.148. The van der Waals surface area contributed by atoms with Gasteiger partial charge in [-0.1, -0.05) is 39.5 Å². The van der Waals surface area contributed by atoms with Crippen LogP contribution in [-0.4, -0.2) is 18.5 Å². The lowest BCUT2D eigenvalue weighted by Crippen LogP contribution is -2.30. The highest BCUT2D eigenvalue weighted by Gasteiger charge is 2.20. The van der Waals surface area contributed by atoms with Crippen molar-refractivity contribution >= 4 is 5.84 Å². The number of nitrogens with two attached hydrogens (primary N) is 1. The van der Waals surface area contributed by atoms with Crippen LogP contribution < -0.4 is 5.73 Å². The molecule has 3 nitrogen and oxygen atoms in total. The summed E-state index contributed by atoms with van der Waals surface area (Å²) in [6, 6.07) is 0. The van der Waals surface area contributed by atoms with Crippen molar-refractivity contribution < 1.29 is 4.74 Å². The smallest absolute Gasteiger partial charge is 0.0963 e. The van der Waals surface area contributed by atoms with E-state index in [2.05, 4.69) is 0 Å². The Morgan fingerprint density at radius 1 is 1.24 bits per heavy atom. The third-order valence-corrected chi connectivity index (χ3v) is 3.83. The normalized spacial score (nSPS) is 18.2. The summed E-state index contributed by atoms with van der Waals surface area (Å²) < 4.78 is 5.87. The quantitative estimate of drug-likeness (QED) is 0.406. The molecule has 0 saturated heterocycles. The minimum absolute atomic E-state index is 0.148. The Morgan fingerprint density at radius 2 is 1.88 bits per heavy atom. The van der Waals surface area contributed by atoms with E-state index in [0.29, 0.717) is 11.9 Å². The first-order valence-electron chi connectivity index (χ1n) is 6.98. The molecule has 3 N–H and O–H groups in total. The fraction of sp³-hybridized carbons (Fsp3) is 0.929. The third kappa shape index (κ3) is 5.53. The SMILES string of the molecule is CC(C)(CCCCOC1CCCCC1)C(=N)N. The molecule has 3 heteroatoms. The van der Waals surface area contributed by atoms with Crippen LogP contribution in [0.4, 0.5) is 0 Å². The summed E-state index contributed by atoms with van der Waals surface area (Å²) in [5.74, 6) is 0.297. The van der Waals surface area contributed by atoms with Gasteiger partial charge in [0, 0.05) is 12.0 Å². The highest BCUT2D eigenvalue weighted by Crippen LogP contribution is 2.23. The van der Waals surface area contributed by atoms with E-state index < -0.39 is 0 Å². The number of rotatable bonds is 7. The Morgan fingerprint density at radius 3 is 2.47 bits per heavy atom. The Labute approximate surface area is 106 Å². The Bertz CT molecular complexity index is 232. The van der Waals surface area contributed by atoms with Crippen LogP contribution in [0.5, 0.6) is 0 Å². The van der Waals surface area contributed by atoms with Crippen molar-refractivity contribution in [2.45, 2.75) is 71.3 Å². The molecule has 1 aliphatic rings. The van der Waals surface area contributed by atoms with Gasteiger partial charge in [-0.2, -0.15) is 0 Å². The number of unbranched alkanes of at least 4 members (excludes halogenated alkanes) is 1. The molecule has 1 saturated carbocycles. The zero-order valence-corrected chi connectivity index (χ0v) is 11.4. The lowest BCUT2D eigenvalue weighted by atomic mass is 9.86. The molecule has 100 valence electrons. The van der Waals surface area contributed by atoms with Crippen LogP contribution in [0.1, 0.15) is 65.2 Å². The van der Waals surface area contributed by atoms with Crippen molar-refractivity contribution in [2.75, 3.05) is 6.61 Å². The van der Waals surface area contributed by atoms with Gasteiger partial charge in [0.15, 0.2) is 0 Å². The first-order chi connectivity index (χ1) is 8.02. The average molecular weight is 240 g/mol. The first kappa shape index (κ1) is 14.5. The summed E-state index contributed by atoms with van der Waals surface area (Å²) >= 11 is 0. The number of ether oxygens (including phenoxy) is 1. The van der Waals surface area contributed by atoms with Gasteiger partial charge in [-0.3, -0.25) is 5.41 Å². The molecule has 0 aromatic heterocycles. The van der Waals surface area contributed by atoms with Gasteiger partial charge < -0.3 is 10.5 Å². The number of amidine groups is 1. The van der Waals surface area contributed by atoms with Crippen molar-refractivity contribution in [1.82, 2.24) is 0 Å². The predicted octanol–water partition coefficient (Wildman–Crippen LogP) is 3.47. The second-order valence-electron chi connectivity index (χ2n) is 5.89. The summed E-state index contributed by atoms with van der Waals surface area (Å²) in [6.07, 6.45) is 10.2. The van der Waals surface area contributed by atoms with E-state index in [-0.39, 0.29) is 5.41 Å². The van der Waals surface area contributed by atoms with Crippen molar-refractivity contribution in [2.24, 2.45) is 11.1 Å². The highest BCUT2D eigenvalue weighted by atomic mass is 16.5. The van der Waals surface area contributed by atoms with Crippen LogP contribution in [-0.2, 0) is 4.74 Å². The molecular weight excluding hydrogens is 212 g/mol. The standard InChI is InChI=1S/C14H28N2O/c1-14(2,13(15)16)10-6-7-11-17-12-8-4-3-5-9-12/h12H,3-11H2,1-2H3,(H3,15,16). The van der Waals surface area contributed by atoms with Crippen molar-refractivity contribution in [3.05, 3.63) is 0 Å². The summed E-state index contributed by atoms with van der Waals surface area (Å²) in [5, 5.41) is 7.48. The summed E-state index contributed by atoms with van der Waals surface area (Å²) in [5.41, 5.74) is 5.41. The summed E-state index contributed by atoms with van der Waals surface area (Å²) in [4.78, 5) is 0. The molecule has 1 aliphatic carbocycles. The van der Waals surface area contributed by atoms with Crippen molar-refractivity contribution in [3.63, 3.8) is 0 Å². The topological polar surface area (TPSA) is 59.1 Å². The van der Waals surface area contributed by atoms with Gasteiger partial charge in [0.05, 0.1) is 11.9 Å². The maximum absolute atomic E-state index is 7.48. The maximum Gasteiger partial charge on any atom is 0.0963 e. The Kier molecular flexibility index (Phi) is 5.96. The Balaban J connectivity index is 2.02. The van der Waals surface area contributed by atoms with Gasteiger partial charge in [0.25, 0.3) is 0 Å². The van der Waals surface area contributed by atoms with Crippen LogP contribution in [0.25, 0.3) is 0 Å². The number of nitrogens with one attached hydrogen (secondary N) is 1. The summed E-state index contributed by atoms with van der Waals surface area (Å²) in [6.45, 7) is 4.95. The molecular formula is C14H28N2O. The minimum Gasteiger partial charge on any atom is -0.387 e. The molecule has 1 rings (SSSR count). The highest BCUT2D eigenvalue weighted by molar-refractivity contribution is 5.82. The second-order valence-corrected chi connectivity index (χ2v) is 5.89. The van der Waals surface area contributed by atoms with E-state index in [4.69, 9.17) is 15.9 Å². The fourth-order valence-electron chi connectivity index (χ4n) is 2.29. The molecule has 0 bridgehead atoms. The van der Waals surface area contributed by atoms with Crippen LogP contribution >= 0.6 is 0 Å². The number of hydrogen-bond acceptors (Lipinski definition) is 2. The molecule has 0 aromatic carbocycles. The van der Waals surface area contributed by atoms with Crippen LogP contribution in [0, 0.1) is 10.8 Å². The lowest BCUT2D eigenvalue weighted by molar-refractivity contribution is 0.0258. The van der Waals surface area contributed by atoms with Gasteiger partial charge in [-0.05, 0) is 25.7 Å². The van der Waals surface area contributed by atoms with Crippen LogP contribution in [0.2, 0.25) is 0 Å². The monoisotopic (exact) mass is 240 g/mol. The van der Waals surface area contributed by atoms with E-state index in [9.17, 15) is 0 Å². The second kappa shape index (κ2) is 7.00. The molecule has 0 atom stereocenters. The molecule has 0 radical (unpaired) electrons. The molecule has 0 spiro atoms. The third-order valence-electron chi connectivity index (χ3n) is 3.83. The molecule has 1 fully saturated rings. The molecule has 0 heterocycles. The van der Waals surface area contributed by atoms with E-state index in [1.54, 1.807) is 0 Å². The van der Waals surface area contributed by atoms with Crippen LogP contribution in [0.15, 0.2) is 0 Å². The van der Waals surface area contributed by atoms with E-state index in [1.165, 1.54) is 32.1 Å². The van der Waals surface area contributed by atoms with Crippen molar-refractivity contribution in [1.29, 1.82) is 5.41 Å². The fourth-order valence-corrected chi connectivity index (χ4v) is 2.29. The van der Waals surface area contributed by atoms with Gasteiger partial charge in [0.1, 0.15) is 0 Å². The molecule has 17 heavy (non-hydrogen) atoms. The molecule has 0 aliphatic heterocycles.